The average Bonchev–Trinajstić information content (AvgIpc) is 2.57. The van der Waals surface area contributed by atoms with Gasteiger partial charge < -0.3 is 4.42 Å². The fraction of sp³-hybridized carbons (Fsp3) is 0. The molecule has 2 heteroatoms. The van der Waals surface area contributed by atoms with Crippen LogP contribution in [0.3, 0.4) is 0 Å². The van der Waals surface area contributed by atoms with E-state index in [4.69, 9.17) is 4.42 Å². The minimum absolute atomic E-state index is 0.956. The Labute approximate surface area is 83.9 Å². The fourth-order valence-corrected chi connectivity index (χ4v) is 2.21. The molecule has 1 atom stereocenters. The molecule has 1 aromatic heterocycles. The summed E-state index contributed by atoms with van der Waals surface area (Å²) in [5, 5.41) is 3.58. The summed E-state index contributed by atoms with van der Waals surface area (Å²) < 4.78 is 5.72. The van der Waals surface area contributed by atoms with E-state index in [1.807, 2.05) is 30.3 Å². The van der Waals surface area contributed by atoms with Crippen LogP contribution in [0.4, 0.5) is 0 Å². The molecule has 0 radical (unpaired) electrons. The quantitative estimate of drug-likeness (QED) is 0.508. The third-order valence-corrected chi connectivity index (χ3v) is 2.92. The van der Waals surface area contributed by atoms with Crippen LogP contribution < -0.4 is 5.30 Å². The van der Waals surface area contributed by atoms with Crippen molar-refractivity contribution in [1.82, 2.24) is 0 Å². The average molecular weight is 200 g/mol. The Morgan fingerprint density at radius 3 is 2.57 bits per heavy atom. The SMILES string of the molecule is Pc1cccc2oc3ccccc3c12. The molecule has 3 aromatic rings. The zero-order valence-corrected chi connectivity index (χ0v) is 8.68. The van der Waals surface area contributed by atoms with E-state index >= 15 is 0 Å². The molecule has 14 heavy (non-hydrogen) atoms. The molecule has 68 valence electrons. The highest BCUT2D eigenvalue weighted by molar-refractivity contribution is 7.28. The van der Waals surface area contributed by atoms with Gasteiger partial charge in [0.1, 0.15) is 11.2 Å². The van der Waals surface area contributed by atoms with E-state index in [1.54, 1.807) is 0 Å². The zero-order valence-electron chi connectivity index (χ0n) is 7.53. The molecule has 0 saturated heterocycles. The van der Waals surface area contributed by atoms with Crippen LogP contribution in [0.15, 0.2) is 46.9 Å². The van der Waals surface area contributed by atoms with Crippen molar-refractivity contribution in [3.05, 3.63) is 42.5 Å². The molecule has 0 saturated carbocycles. The van der Waals surface area contributed by atoms with Crippen molar-refractivity contribution in [3.63, 3.8) is 0 Å². The van der Waals surface area contributed by atoms with Crippen molar-refractivity contribution in [2.75, 3.05) is 0 Å². The Bertz CT molecular complexity index is 610. The van der Waals surface area contributed by atoms with E-state index in [2.05, 4.69) is 21.4 Å². The molecular formula is C12H9OP. The highest BCUT2D eigenvalue weighted by atomic mass is 31.0. The zero-order chi connectivity index (χ0) is 9.54. The van der Waals surface area contributed by atoms with Crippen molar-refractivity contribution in [2.45, 2.75) is 0 Å². The largest absolute Gasteiger partial charge is 0.456 e. The summed E-state index contributed by atoms with van der Waals surface area (Å²) in [5.74, 6) is 0. The second-order valence-corrected chi connectivity index (χ2v) is 3.94. The van der Waals surface area contributed by atoms with Gasteiger partial charge in [-0.15, -0.1) is 9.24 Å². The van der Waals surface area contributed by atoms with Gasteiger partial charge in [0.25, 0.3) is 0 Å². The lowest BCUT2D eigenvalue weighted by atomic mass is 10.1. The van der Waals surface area contributed by atoms with E-state index in [9.17, 15) is 0 Å². The Kier molecular flexibility index (Phi) is 1.62. The van der Waals surface area contributed by atoms with Gasteiger partial charge in [-0.3, -0.25) is 0 Å². The third-order valence-electron chi connectivity index (χ3n) is 2.43. The summed E-state index contributed by atoms with van der Waals surface area (Å²) >= 11 is 0. The second-order valence-electron chi connectivity index (χ2n) is 3.32. The first-order chi connectivity index (χ1) is 6.86. The molecule has 0 amide bonds. The monoisotopic (exact) mass is 200 g/mol. The van der Waals surface area contributed by atoms with Crippen LogP contribution >= 0.6 is 9.24 Å². The second kappa shape index (κ2) is 2.83. The number of hydrogen-bond donors (Lipinski definition) is 0. The molecule has 1 unspecified atom stereocenters. The Morgan fingerprint density at radius 2 is 1.64 bits per heavy atom. The van der Waals surface area contributed by atoms with Crippen molar-refractivity contribution < 1.29 is 4.42 Å². The van der Waals surface area contributed by atoms with Gasteiger partial charge in [-0.25, -0.2) is 0 Å². The molecule has 3 rings (SSSR count). The van der Waals surface area contributed by atoms with Crippen LogP contribution in [-0.4, -0.2) is 0 Å². The number of para-hydroxylation sites is 1. The summed E-state index contributed by atoms with van der Waals surface area (Å²) in [6, 6.07) is 14.2. The number of furan rings is 1. The van der Waals surface area contributed by atoms with Gasteiger partial charge in [0.05, 0.1) is 0 Å². The fourth-order valence-electron chi connectivity index (χ4n) is 1.80. The summed E-state index contributed by atoms with van der Waals surface area (Å²) in [6.07, 6.45) is 0. The van der Waals surface area contributed by atoms with Crippen molar-refractivity contribution >= 4 is 36.5 Å². The number of hydrogen-bond acceptors (Lipinski definition) is 1. The topological polar surface area (TPSA) is 13.1 Å². The predicted molar refractivity (Wildman–Crippen MR) is 63.1 cm³/mol. The Balaban J connectivity index is 2.65. The molecule has 1 heterocycles. The maximum absolute atomic E-state index is 5.72. The van der Waals surface area contributed by atoms with E-state index in [1.165, 1.54) is 16.1 Å². The van der Waals surface area contributed by atoms with Gasteiger partial charge in [-0.1, -0.05) is 30.3 Å². The van der Waals surface area contributed by atoms with Gasteiger partial charge >= 0.3 is 0 Å². The van der Waals surface area contributed by atoms with E-state index in [0.29, 0.717) is 0 Å². The Hall–Kier alpha value is -1.33. The molecule has 0 N–H and O–H groups in total. The van der Waals surface area contributed by atoms with Gasteiger partial charge in [0, 0.05) is 10.8 Å². The summed E-state index contributed by atoms with van der Waals surface area (Å²) in [4.78, 5) is 0. The smallest absolute Gasteiger partial charge is 0.136 e. The minimum Gasteiger partial charge on any atom is -0.456 e. The van der Waals surface area contributed by atoms with E-state index in [0.717, 1.165) is 11.2 Å². The third kappa shape index (κ3) is 0.995. The van der Waals surface area contributed by atoms with Crippen molar-refractivity contribution in [1.29, 1.82) is 0 Å². The maximum Gasteiger partial charge on any atom is 0.136 e. The van der Waals surface area contributed by atoms with Gasteiger partial charge in [-0.05, 0) is 17.4 Å². The van der Waals surface area contributed by atoms with Crippen molar-refractivity contribution in [2.24, 2.45) is 0 Å². The molecule has 0 spiro atoms. The molecule has 0 aliphatic rings. The lowest BCUT2D eigenvalue weighted by Crippen LogP contribution is -1.88. The molecule has 0 aliphatic heterocycles. The summed E-state index contributed by atoms with van der Waals surface area (Å²) in [6.45, 7) is 0. The Morgan fingerprint density at radius 1 is 0.857 bits per heavy atom. The predicted octanol–water partition coefficient (Wildman–Crippen LogP) is 3.09. The van der Waals surface area contributed by atoms with Crippen LogP contribution in [0.1, 0.15) is 0 Å². The molecule has 1 nitrogen and oxygen atoms in total. The molecular weight excluding hydrogens is 191 g/mol. The van der Waals surface area contributed by atoms with Gasteiger partial charge in [0.15, 0.2) is 0 Å². The summed E-state index contributed by atoms with van der Waals surface area (Å²) in [7, 11) is 2.75. The first-order valence-corrected chi connectivity index (χ1v) is 5.10. The van der Waals surface area contributed by atoms with E-state index in [-0.39, 0.29) is 0 Å². The molecule has 0 aliphatic carbocycles. The van der Waals surface area contributed by atoms with Crippen molar-refractivity contribution in [3.8, 4) is 0 Å². The van der Waals surface area contributed by atoms with Gasteiger partial charge in [0.2, 0.25) is 0 Å². The highest BCUT2D eigenvalue weighted by Gasteiger charge is 2.06. The lowest BCUT2D eigenvalue weighted by Gasteiger charge is -1.92. The first kappa shape index (κ1) is 8.02. The molecule has 0 fully saturated rings. The summed E-state index contributed by atoms with van der Waals surface area (Å²) in [5.41, 5.74) is 1.91. The molecule has 2 aromatic carbocycles. The number of rotatable bonds is 0. The number of fused-ring (bicyclic) bond motifs is 3. The van der Waals surface area contributed by atoms with Crippen LogP contribution in [0.25, 0.3) is 21.9 Å². The van der Waals surface area contributed by atoms with Crippen LogP contribution in [0, 0.1) is 0 Å². The standard InChI is InChI=1S/C12H9OP/c14-11-7-3-6-10-12(11)8-4-1-2-5-9(8)13-10/h1-7H,14H2. The number of benzene rings is 2. The van der Waals surface area contributed by atoms with Gasteiger partial charge in [-0.2, -0.15) is 0 Å². The van der Waals surface area contributed by atoms with Crippen LogP contribution in [0.5, 0.6) is 0 Å². The first-order valence-electron chi connectivity index (χ1n) is 4.52. The van der Waals surface area contributed by atoms with Crippen LogP contribution in [-0.2, 0) is 0 Å². The molecule has 0 bridgehead atoms. The normalized spacial score (nSPS) is 11.2. The maximum atomic E-state index is 5.72. The highest BCUT2D eigenvalue weighted by Crippen LogP contribution is 2.27. The van der Waals surface area contributed by atoms with Crippen LogP contribution in [0.2, 0.25) is 0 Å². The van der Waals surface area contributed by atoms with E-state index < -0.39 is 0 Å². The lowest BCUT2D eigenvalue weighted by molar-refractivity contribution is 0.669. The minimum atomic E-state index is 0.956.